The van der Waals surface area contributed by atoms with Gasteiger partial charge in [0.1, 0.15) is 0 Å². The molecule has 1 aliphatic rings. The number of hydrogen-bond acceptors (Lipinski definition) is 2. The Labute approximate surface area is 108 Å². The molecule has 1 saturated heterocycles. The minimum absolute atomic E-state index is 0.769. The van der Waals surface area contributed by atoms with Gasteiger partial charge in [0.15, 0.2) is 0 Å². The summed E-state index contributed by atoms with van der Waals surface area (Å²) in [6, 6.07) is 0.806. The van der Waals surface area contributed by atoms with E-state index in [1.165, 1.54) is 45.3 Å². The summed E-state index contributed by atoms with van der Waals surface area (Å²) in [5.41, 5.74) is 0. The van der Waals surface area contributed by atoms with E-state index in [4.69, 9.17) is 0 Å². The quantitative estimate of drug-likeness (QED) is 0.701. The summed E-state index contributed by atoms with van der Waals surface area (Å²) in [7, 11) is 0. The van der Waals surface area contributed by atoms with Crippen LogP contribution in [0.2, 0.25) is 0 Å². The number of nitrogens with one attached hydrogen (secondary N) is 1. The molecule has 0 bridgehead atoms. The molecule has 1 aliphatic heterocycles. The largest absolute Gasteiger partial charge is 0.315 e. The Morgan fingerprint density at radius 1 is 1.18 bits per heavy atom. The predicted octanol–water partition coefficient (Wildman–Crippen LogP) is 3.13. The molecular formula is C15H32N2. The first-order valence-electron chi connectivity index (χ1n) is 7.54. The predicted molar refractivity (Wildman–Crippen MR) is 76.4 cm³/mol. The van der Waals surface area contributed by atoms with E-state index in [0.29, 0.717) is 0 Å². The molecule has 0 spiro atoms. The molecule has 0 amide bonds. The molecule has 17 heavy (non-hydrogen) atoms. The van der Waals surface area contributed by atoms with Crippen LogP contribution in [0.3, 0.4) is 0 Å². The van der Waals surface area contributed by atoms with E-state index in [0.717, 1.165) is 24.4 Å². The second-order valence-corrected chi connectivity index (χ2v) is 6.42. The Bertz CT molecular complexity index is 169. The third-order valence-corrected chi connectivity index (χ3v) is 3.66. The Hall–Kier alpha value is -0.0800. The highest BCUT2D eigenvalue weighted by atomic mass is 15.2. The average Bonchev–Trinajstić information content (AvgIpc) is 2.65. The molecule has 0 aliphatic carbocycles. The standard InChI is InChI=1S/C15H32N2/c1-13(2)7-5-9-17-10-6-8-15(17)12-16-11-14(3)4/h13-16H,5-12H2,1-4H3. The molecule has 0 aromatic rings. The number of rotatable bonds is 8. The van der Waals surface area contributed by atoms with Crippen molar-refractivity contribution < 1.29 is 0 Å². The van der Waals surface area contributed by atoms with Crippen molar-refractivity contribution in [3.05, 3.63) is 0 Å². The molecule has 0 aromatic heterocycles. The number of hydrogen-bond donors (Lipinski definition) is 1. The van der Waals surface area contributed by atoms with E-state index in [1.54, 1.807) is 0 Å². The summed E-state index contributed by atoms with van der Waals surface area (Å²) in [4.78, 5) is 2.70. The lowest BCUT2D eigenvalue weighted by atomic mass is 10.1. The van der Waals surface area contributed by atoms with Crippen LogP contribution in [0.25, 0.3) is 0 Å². The van der Waals surface area contributed by atoms with Crippen LogP contribution in [0.5, 0.6) is 0 Å². The van der Waals surface area contributed by atoms with Crippen molar-refractivity contribution in [3.8, 4) is 0 Å². The van der Waals surface area contributed by atoms with Crippen molar-refractivity contribution in [1.82, 2.24) is 10.2 Å². The van der Waals surface area contributed by atoms with Crippen LogP contribution in [0, 0.1) is 11.8 Å². The van der Waals surface area contributed by atoms with Gasteiger partial charge >= 0.3 is 0 Å². The molecule has 2 nitrogen and oxygen atoms in total. The third kappa shape index (κ3) is 6.42. The summed E-state index contributed by atoms with van der Waals surface area (Å²) in [5.74, 6) is 1.63. The highest BCUT2D eigenvalue weighted by Gasteiger charge is 2.23. The zero-order valence-corrected chi connectivity index (χ0v) is 12.3. The average molecular weight is 240 g/mol. The van der Waals surface area contributed by atoms with Gasteiger partial charge in [-0.1, -0.05) is 27.7 Å². The second kappa shape index (κ2) is 8.10. The summed E-state index contributed by atoms with van der Waals surface area (Å²) >= 11 is 0. The molecule has 1 fully saturated rings. The normalized spacial score (nSPS) is 21.9. The molecule has 2 heteroatoms. The lowest BCUT2D eigenvalue weighted by Crippen LogP contribution is -2.39. The van der Waals surface area contributed by atoms with Gasteiger partial charge in [-0.15, -0.1) is 0 Å². The molecule has 1 rings (SSSR count). The lowest BCUT2D eigenvalue weighted by Gasteiger charge is -2.25. The maximum Gasteiger partial charge on any atom is 0.0221 e. The monoisotopic (exact) mass is 240 g/mol. The van der Waals surface area contributed by atoms with E-state index >= 15 is 0 Å². The molecule has 1 N–H and O–H groups in total. The third-order valence-electron chi connectivity index (χ3n) is 3.66. The number of likely N-dealkylation sites (tertiary alicyclic amines) is 1. The number of nitrogens with zero attached hydrogens (tertiary/aromatic N) is 1. The highest BCUT2D eigenvalue weighted by Crippen LogP contribution is 2.18. The zero-order chi connectivity index (χ0) is 12.7. The van der Waals surface area contributed by atoms with E-state index < -0.39 is 0 Å². The molecule has 1 atom stereocenters. The van der Waals surface area contributed by atoms with Crippen LogP contribution in [-0.4, -0.2) is 37.1 Å². The summed E-state index contributed by atoms with van der Waals surface area (Å²) < 4.78 is 0. The highest BCUT2D eigenvalue weighted by molar-refractivity contribution is 4.81. The van der Waals surface area contributed by atoms with Crippen molar-refractivity contribution in [2.24, 2.45) is 11.8 Å². The maximum atomic E-state index is 3.61. The van der Waals surface area contributed by atoms with Crippen LogP contribution in [0.15, 0.2) is 0 Å². The van der Waals surface area contributed by atoms with Crippen molar-refractivity contribution >= 4 is 0 Å². The summed E-state index contributed by atoms with van der Waals surface area (Å²) in [6.45, 7) is 14.2. The Balaban J connectivity index is 2.14. The van der Waals surface area contributed by atoms with Gasteiger partial charge in [-0.05, 0) is 57.2 Å². The minimum atomic E-state index is 0.769. The van der Waals surface area contributed by atoms with Gasteiger partial charge < -0.3 is 5.32 Å². The first kappa shape index (κ1) is 15.0. The molecule has 1 unspecified atom stereocenters. The van der Waals surface area contributed by atoms with Crippen LogP contribution < -0.4 is 5.32 Å². The van der Waals surface area contributed by atoms with Crippen LogP contribution >= 0.6 is 0 Å². The SMILES string of the molecule is CC(C)CCCN1CCCC1CNCC(C)C. The molecule has 0 saturated carbocycles. The van der Waals surface area contributed by atoms with Gasteiger partial charge in [0, 0.05) is 12.6 Å². The van der Waals surface area contributed by atoms with Gasteiger partial charge in [-0.25, -0.2) is 0 Å². The molecule has 0 radical (unpaired) electrons. The molecule has 102 valence electrons. The smallest absolute Gasteiger partial charge is 0.0221 e. The van der Waals surface area contributed by atoms with Crippen molar-refractivity contribution in [1.29, 1.82) is 0 Å². The van der Waals surface area contributed by atoms with Crippen LogP contribution in [0.4, 0.5) is 0 Å². The Kier molecular flexibility index (Phi) is 7.14. The van der Waals surface area contributed by atoms with Gasteiger partial charge in [-0.3, -0.25) is 4.90 Å². The first-order chi connectivity index (χ1) is 8.09. The van der Waals surface area contributed by atoms with Crippen molar-refractivity contribution in [2.75, 3.05) is 26.2 Å². The topological polar surface area (TPSA) is 15.3 Å². The minimum Gasteiger partial charge on any atom is -0.315 e. The van der Waals surface area contributed by atoms with Crippen molar-refractivity contribution in [2.45, 2.75) is 59.4 Å². The second-order valence-electron chi connectivity index (χ2n) is 6.42. The lowest BCUT2D eigenvalue weighted by molar-refractivity contribution is 0.237. The molecule has 0 aromatic carbocycles. The van der Waals surface area contributed by atoms with Crippen LogP contribution in [-0.2, 0) is 0 Å². The van der Waals surface area contributed by atoms with E-state index in [2.05, 4.69) is 37.9 Å². The summed E-state index contributed by atoms with van der Waals surface area (Å²) in [6.07, 6.45) is 5.55. The molecule has 1 heterocycles. The Morgan fingerprint density at radius 2 is 1.94 bits per heavy atom. The zero-order valence-electron chi connectivity index (χ0n) is 12.3. The van der Waals surface area contributed by atoms with Crippen molar-refractivity contribution in [3.63, 3.8) is 0 Å². The van der Waals surface area contributed by atoms with E-state index in [1.807, 2.05) is 0 Å². The first-order valence-corrected chi connectivity index (χ1v) is 7.54. The van der Waals surface area contributed by atoms with E-state index in [9.17, 15) is 0 Å². The van der Waals surface area contributed by atoms with Gasteiger partial charge in [0.25, 0.3) is 0 Å². The van der Waals surface area contributed by atoms with E-state index in [-0.39, 0.29) is 0 Å². The fourth-order valence-corrected chi connectivity index (χ4v) is 2.66. The van der Waals surface area contributed by atoms with Gasteiger partial charge in [0.05, 0.1) is 0 Å². The fourth-order valence-electron chi connectivity index (χ4n) is 2.66. The summed E-state index contributed by atoms with van der Waals surface area (Å²) in [5, 5.41) is 3.61. The Morgan fingerprint density at radius 3 is 2.59 bits per heavy atom. The van der Waals surface area contributed by atoms with Gasteiger partial charge in [0.2, 0.25) is 0 Å². The van der Waals surface area contributed by atoms with Crippen LogP contribution in [0.1, 0.15) is 53.4 Å². The maximum absolute atomic E-state index is 3.61. The van der Waals surface area contributed by atoms with Gasteiger partial charge in [-0.2, -0.15) is 0 Å². The molecular weight excluding hydrogens is 208 g/mol. The fraction of sp³-hybridized carbons (Fsp3) is 1.00.